The molecule has 3 rings (SSSR count). The number of hydrogen-bond donors (Lipinski definition) is 0. The number of halogens is 4. The number of fused-ring (bicyclic) bond motifs is 1. The molecule has 24 heavy (non-hydrogen) atoms. The van der Waals surface area contributed by atoms with E-state index in [-0.39, 0.29) is 18.9 Å². The molecule has 0 spiro atoms. The molecule has 1 fully saturated rings. The van der Waals surface area contributed by atoms with Gasteiger partial charge in [-0.25, -0.2) is 0 Å². The summed E-state index contributed by atoms with van der Waals surface area (Å²) < 4.78 is 53.6. The minimum Gasteiger partial charge on any atom is -0.493 e. The van der Waals surface area contributed by atoms with Crippen molar-refractivity contribution in [2.24, 2.45) is 0 Å². The topological polar surface area (TPSA) is 51.9 Å². The van der Waals surface area contributed by atoms with Gasteiger partial charge in [-0.05, 0) is 12.1 Å². The highest BCUT2D eigenvalue weighted by atomic mass is 35.5. The van der Waals surface area contributed by atoms with Gasteiger partial charge in [0.25, 0.3) is 5.91 Å². The van der Waals surface area contributed by atoms with E-state index in [0.29, 0.717) is 21.7 Å². The zero-order valence-electron chi connectivity index (χ0n) is 12.5. The molecule has 2 aromatic rings. The number of hydrogen-bond acceptors (Lipinski definition) is 4. The Labute approximate surface area is 139 Å². The van der Waals surface area contributed by atoms with Crippen molar-refractivity contribution in [2.75, 3.05) is 26.8 Å². The summed E-state index contributed by atoms with van der Waals surface area (Å²) in [5, 5.41) is 0.922. The van der Waals surface area contributed by atoms with Crippen molar-refractivity contribution in [3.63, 3.8) is 0 Å². The van der Waals surface area contributed by atoms with Crippen LogP contribution in [0.2, 0.25) is 5.02 Å². The van der Waals surface area contributed by atoms with E-state index in [1.807, 2.05) is 0 Å². The Morgan fingerprint density at radius 1 is 1.38 bits per heavy atom. The van der Waals surface area contributed by atoms with Crippen LogP contribution < -0.4 is 4.74 Å². The van der Waals surface area contributed by atoms with Crippen molar-refractivity contribution in [2.45, 2.75) is 12.3 Å². The molecule has 1 saturated heterocycles. The molecule has 1 aromatic carbocycles. The predicted octanol–water partition coefficient (Wildman–Crippen LogP) is 3.50. The van der Waals surface area contributed by atoms with Gasteiger partial charge < -0.3 is 18.8 Å². The molecule has 2 heterocycles. The molecule has 0 radical (unpaired) electrons. The summed E-state index contributed by atoms with van der Waals surface area (Å²) in [5.74, 6) is -0.373. The first kappa shape index (κ1) is 16.9. The van der Waals surface area contributed by atoms with Crippen molar-refractivity contribution < 1.29 is 31.9 Å². The second kappa shape index (κ2) is 6.18. The Morgan fingerprint density at radius 2 is 2.12 bits per heavy atom. The van der Waals surface area contributed by atoms with Gasteiger partial charge in [0, 0.05) is 23.0 Å². The summed E-state index contributed by atoms with van der Waals surface area (Å²) >= 11 is 5.95. The summed E-state index contributed by atoms with van der Waals surface area (Å²) in [4.78, 5) is 13.5. The van der Waals surface area contributed by atoms with E-state index in [1.54, 1.807) is 6.07 Å². The number of methoxy groups -OCH3 is 1. The number of ether oxygens (including phenoxy) is 2. The maximum Gasteiger partial charge on any atom is 0.416 e. The molecule has 1 unspecified atom stereocenters. The second-order valence-electron chi connectivity index (χ2n) is 5.29. The third-order valence-electron chi connectivity index (χ3n) is 3.70. The Morgan fingerprint density at radius 3 is 2.79 bits per heavy atom. The summed E-state index contributed by atoms with van der Waals surface area (Å²) in [7, 11) is 1.42. The van der Waals surface area contributed by atoms with Crippen LogP contribution in [-0.2, 0) is 4.74 Å². The molecule has 1 atom stereocenters. The average molecular weight is 364 g/mol. The number of amides is 1. The summed E-state index contributed by atoms with van der Waals surface area (Å²) in [6, 6.07) is 4.54. The van der Waals surface area contributed by atoms with Crippen molar-refractivity contribution in [3.8, 4) is 5.75 Å². The lowest BCUT2D eigenvalue weighted by Crippen LogP contribution is -2.51. The summed E-state index contributed by atoms with van der Waals surface area (Å²) in [6.45, 7) is -0.705. The van der Waals surface area contributed by atoms with Crippen LogP contribution >= 0.6 is 11.6 Å². The van der Waals surface area contributed by atoms with E-state index >= 15 is 0 Å². The van der Waals surface area contributed by atoms with Gasteiger partial charge in [-0.2, -0.15) is 13.2 Å². The minimum atomic E-state index is -4.52. The zero-order valence-corrected chi connectivity index (χ0v) is 13.3. The standard InChI is InChI=1S/C15H13ClF3NO4/c1-22-10-6-9(16)4-8-5-11(24-13(8)10)14(21)20-2-3-23-12(7-20)15(17,18)19/h4-6,12H,2-3,7H2,1H3. The number of alkyl halides is 3. The molecule has 0 aliphatic carbocycles. The van der Waals surface area contributed by atoms with E-state index in [0.717, 1.165) is 4.90 Å². The number of carbonyl (C=O) groups is 1. The van der Waals surface area contributed by atoms with Crippen LogP contribution in [0.25, 0.3) is 11.0 Å². The normalized spacial score (nSPS) is 18.9. The van der Waals surface area contributed by atoms with Gasteiger partial charge >= 0.3 is 6.18 Å². The molecule has 5 nitrogen and oxygen atoms in total. The molecule has 1 aliphatic heterocycles. The van der Waals surface area contributed by atoms with Gasteiger partial charge in [-0.15, -0.1) is 0 Å². The van der Waals surface area contributed by atoms with Gasteiger partial charge in [0.05, 0.1) is 20.3 Å². The lowest BCUT2D eigenvalue weighted by Gasteiger charge is -2.33. The van der Waals surface area contributed by atoms with Crippen molar-refractivity contribution in [3.05, 3.63) is 29.0 Å². The van der Waals surface area contributed by atoms with Crippen molar-refractivity contribution >= 4 is 28.5 Å². The number of rotatable bonds is 2. The Hall–Kier alpha value is -1.93. The van der Waals surface area contributed by atoms with E-state index in [1.165, 1.54) is 19.2 Å². The zero-order chi connectivity index (χ0) is 17.5. The first-order chi connectivity index (χ1) is 11.3. The number of benzene rings is 1. The van der Waals surface area contributed by atoms with Crippen LogP contribution in [0.1, 0.15) is 10.6 Å². The maximum absolute atomic E-state index is 12.8. The van der Waals surface area contributed by atoms with E-state index < -0.39 is 24.7 Å². The van der Waals surface area contributed by atoms with Gasteiger partial charge in [0.1, 0.15) is 0 Å². The molecular formula is C15H13ClF3NO4. The van der Waals surface area contributed by atoms with Gasteiger partial charge in [-0.1, -0.05) is 11.6 Å². The first-order valence-electron chi connectivity index (χ1n) is 7.04. The second-order valence-corrected chi connectivity index (χ2v) is 5.73. The highest BCUT2D eigenvalue weighted by Crippen LogP contribution is 2.33. The van der Waals surface area contributed by atoms with Crippen LogP contribution in [0.15, 0.2) is 22.6 Å². The van der Waals surface area contributed by atoms with Gasteiger partial charge in [-0.3, -0.25) is 4.79 Å². The van der Waals surface area contributed by atoms with E-state index in [2.05, 4.69) is 4.74 Å². The number of morpholine rings is 1. The molecule has 0 saturated carbocycles. The number of carbonyl (C=O) groups excluding carboxylic acids is 1. The summed E-state index contributed by atoms with van der Waals surface area (Å²) in [5.41, 5.74) is 0.311. The fraction of sp³-hybridized carbons (Fsp3) is 0.400. The van der Waals surface area contributed by atoms with Gasteiger partial charge in [0.15, 0.2) is 23.2 Å². The molecule has 0 N–H and O–H groups in total. The highest BCUT2D eigenvalue weighted by Gasteiger charge is 2.44. The maximum atomic E-state index is 12.8. The van der Waals surface area contributed by atoms with Crippen LogP contribution in [0.4, 0.5) is 13.2 Å². The molecule has 130 valence electrons. The molecule has 1 amide bonds. The lowest BCUT2D eigenvalue weighted by molar-refractivity contribution is -0.233. The Kier molecular flexibility index (Phi) is 4.35. The number of furan rings is 1. The smallest absolute Gasteiger partial charge is 0.416 e. The molecule has 0 bridgehead atoms. The summed E-state index contributed by atoms with van der Waals surface area (Å²) in [6.07, 6.45) is -6.52. The fourth-order valence-electron chi connectivity index (χ4n) is 2.53. The average Bonchev–Trinajstić information content (AvgIpc) is 2.96. The third kappa shape index (κ3) is 3.16. The van der Waals surface area contributed by atoms with E-state index in [4.69, 9.17) is 20.8 Å². The largest absolute Gasteiger partial charge is 0.493 e. The predicted molar refractivity (Wildman–Crippen MR) is 79.5 cm³/mol. The monoisotopic (exact) mass is 363 g/mol. The lowest BCUT2D eigenvalue weighted by atomic mass is 10.2. The van der Waals surface area contributed by atoms with Crippen LogP contribution in [0.3, 0.4) is 0 Å². The van der Waals surface area contributed by atoms with Crippen molar-refractivity contribution in [1.82, 2.24) is 4.90 Å². The molecule has 1 aromatic heterocycles. The first-order valence-corrected chi connectivity index (χ1v) is 7.42. The minimum absolute atomic E-state index is 0.0559. The third-order valence-corrected chi connectivity index (χ3v) is 3.91. The quantitative estimate of drug-likeness (QED) is 0.819. The van der Waals surface area contributed by atoms with Crippen molar-refractivity contribution in [1.29, 1.82) is 0 Å². The Bertz CT molecular complexity index is 774. The van der Waals surface area contributed by atoms with Crippen LogP contribution in [-0.4, -0.2) is 49.9 Å². The fourth-order valence-corrected chi connectivity index (χ4v) is 2.75. The molecule has 1 aliphatic rings. The van der Waals surface area contributed by atoms with Crippen LogP contribution in [0.5, 0.6) is 5.75 Å². The van der Waals surface area contributed by atoms with Crippen LogP contribution in [0, 0.1) is 0 Å². The molecule has 9 heteroatoms. The highest BCUT2D eigenvalue weighted by molar-refractivity contribution is 6.31. The SMILES string of the molecule is COc1cc(Cl)cc2cc(C(=O)N3CCOC(C(F)(F)F)C3)oc12. The van der Waals surface area contributed by atoms with Gasteiger partial charge in [0.2, 0.25) is 0 Å². The molecular weight excluding hydrogens is 351 g/mol. The Balaban J connectivity index is 1.88. The van der Waals surface area contributed by atoms with E-state index in [9.17, 15) is 18.0 Å². The number of nitrogens with zero attached hydrogens (tertiary/aromatic N) is 1.